The molecule has 30 heavy (non-hydrogen) atoms. The summed E-state index contributed by atoms with van der Waals surface area (Å²) in [6.45, 7) is 3.89. The molecule has 0 saturated carbocycles. The van der Waals surface area contributed by atoms with Crippen LogP contribution < -0.4 is 10.2 Å². The highest BCUT2D eigenvalue weighted by Crippen LogP contribution is 2.39. The highest BCUT2D eigenvalue weighted by Gasteiger charge is 2.40. The lowest BCUT2D eigenvalue weighted by atomic mass is 10.1. The summed E-state index contributed by atoms with van der Waals surface area (Å²) < 4.78 is 61.9. The first-order valence-electron chi connectivity index (χ1n) is 10.3. The molecule has 0 bridgehead atoms. The van der Waals surface area contributed by atoms with E-state index in [-0.39, 0.29) is 12.0 Å². The Morgan fingerprint density at radius 2 is 2.03 bits per heavy atom. The number of anilines is 1. The van der Waals surface area contributed by atoms with Gasteiger partial charge in [-0.2, -0.15) is 18.2 Å². The molecular formula is C17H19ClF3N7O2. The second-order valence-electron chi connectivity index (χ2n) is 6.95. The molecule has 0 aliphatic carbocycles. The van der Waals surface area contributed by atoms with Gasteiger partial charge in [0.25, 0.3) is 0 Å². The Morgan fingerprint density at radius 3 is 2.63 bits per heavy atom. The van der Waals surface area contributed by atoms with Gasteiger partial charge in [0.05, 0.1) is 0 Å². The van der Waals surface area contributed by atoms with Gasteiger partial charge < -0.3 is 19.6 Å². The molecule has 2 fully saturated rings. The van der Waals surface area contributed by atoms with E-state index in [0.29, 0.717) is 32.7 Å². The number of nitrogens with zero attached hydrogens (tertiary/aromatic N) is 6. The second kappa shape index (κ2) is 7.99. The van der Waals surface area contributed by atoms with Gasteiger partial charge in [-0.05, 0) is 13.3 Å². The Bertz CT molecular complexity index is 1030. The van der Waals surface area contributed by atoms with Crippen molar-refractivity contribution in [3.8, 4) is 11.5 Å². The van der Waals surface area contributed by atoms with Crippen LogP contribution in [0.2, 0.25) is 5.02 Å². The van der Waals surface area contributed by atoms with Gasteiger partial charge in [-0.15, -0.1) is 0 Å². The average molecular weight is 448 g/mol. The van der Waals surface area contributed by atoms with Crippen LogP contribution in [0.4, 0.5) is 19.1 Å². The number of aromatic nitrogens is 4. The maximum Gasteiger partial charge on any atom is 0.435 e. The minimum Gasteiger partial charge on any atom is -0.340 e. The molecule has 1 atom stereocenters. The topological polar surface area (TPSA) is 100 Å². The maximum absolute atomic E-state index is 13.5. The SMILES string of the molecule is [2H]C([2H])(C(=O)N1CCNCC1)c1nc(-c2nc(N3CC[C@@H]3C)nc(C(F)(F)F)c2Cl)no1. The largest absolute Gasteiger partial charge is 0.435 e. The first-order chi connectivity index (χ1) is 15.0. The van der Waals surface area contributed by atoms with Crippen LogP contribution >= 0.6 is 11.6 Å². The number of carbonyl (C=O) groups is 1. The molecule has 1 N–H and O–H groups in total. The van der Waals surface area contributed by atoms with Gasteiger partial charge in [-0.1, -0.05) is 16.8 Å². The normalized spacial score (nSPS) is 21.2. The molecule has 0 aromatic carbocycles. The molecule has 2 saturated heterocycles. The molecular weight excluding hydrogens is 427 g/mol. The van der Waals surface area contributed by atoms with Crippen molar-refractivity contribution in [2.75, 3.05) is 37.6 Å². The van der Waals surface area contributed by atoms with E-state index >= 15 is 0 Å². The smallest absolute Gasteiger partial charge is 0.340 e. The van der Waals surface area contributed by atoms with Crippen molar-refractivity contribution in [3.63, 3.8) is 0 Å². The van der Waals surface area contributed by atoms with Crippen LogP contribution in [0.5, 0.6) is 0 Å². The molecule has 4 rings (SSSR count). The zero-order valence-electron chi connectivity index (χ0n) is 17.8. The number of amides is 1. The van der Waals surface area contributed by atoms with E-state index < -0.39 is 46.6 Å². The Morgan fingerprint density at radius 1 is 1.30 bits per heavy atom. The quantitative estimate of drug-likeness (QED) is 0.757. The van der Waals surface area contributed by atoms with Crippen molar-refractivity contribution in [2.24, 2.45) is 0 Å². The number of hydrogen-bond acceptors (Lipinski definition) is 8. The molecule has 9 nitrogen and oxygen atoms in total. The molecule has 2 aliphatic heterocycles. The summed E-state index contributed by atoms with van der Waals surface area (Å²) in [5.41, 5.74) is -1.81. The van der Waals surface area contributed by atoms with Crippen LogP contribution in [-0.4, -0.2) is 69.7 Å². The number of carbonyl (C=O) groups excluding carboxylic acids is 1. The molecule has 2 aliphatic rings. The van der Waals surface area contributed by atoms with E-state index in [1.54, 1.807) is 4.90 Å². The van der Waals surface area contributed by atoms with E-state index in [1.165, 1.54) is 4.90 Å². The van der Waals surface area contributed by atoms with Crippen LogP contribution in [0.25, 0.3) is 11.5 Å². The fourth-order valence-corrected chi connectivity index (χ4v) is 3.40. The number of rotatable bonds is 4. The molecule has 162 valence electrons. The number of halogens is 4. The Kier molecular flexibility index (Phi) is 4.87. The third-order valence-electron chi connectivity index (χ3n) is 4.94. The number of alkyl halides is 3. The summed E-state index contributed by atoms with van der Waals surface area (Å²) in [6, 6.07) is -0.0586. The molecule has 4 heterocycles. The van der Waals surface area contributed by atoms with E-state index in [1.807, 2.05) is 6.92 Å². The predicted molar refractivity (Wildman–Crippen MR) is 99.9 cm³/mol. The number of hydrogen-bond donors (Lipinski definition) is 1. The standard InChI is InChI=1S/C17H19ClF3N7O2/c1-9-2-5-28(9)16-24-13(12(18)14(25-16)17(19,20)21)15-23-10(30-26-15)8-11(29)27-6-3-22-4-7-27/h9,22H,2-8H2,1H3/t9-/m0/s1/i8D2. The Labute approximate surface area is 177 Å². The fourth-order valence-electron chi connectivity index (χ4n) is 3.12. The molecule has 1 amide bonds. The monoisotopic (exact) mass is 447 g/mol. The summed E-state index contributed by atoms with van der Waals surface area (Å²) in [5.74, 6) is -2.24. The predicted octanol–water partition coefficient (Wildman–Crippen LogP) is 1.77. The van der Waals surface area contributed by atoms with E-state index in [0.717, 1.165) is 6.42 Å². The van der Waals surface area contributed by atoms with Crippen LogP contribution in [-0.2, 0) is 17.3 Å². The van der Waals surface area contributed by atoms with Gasteiger partial charge in [0, 0.05) is 41.5 Å². The van der Waals surface area contributed by atoms with E-state index in [2.05, 4.69) is 25.4 Å². The summed E-state index contributed by atoms with van der Waals surface area (Å²) in [6.07, 6.45) is -6.77. The lowest BCUT2D eigenvalue weighted by Gasteiger charge is -2.39. The zero-order valence-corrected chi connectivity index (χ0v) is 16.6. The van der Waals surface area contributed by atoms with Gasteiger partial charge in [0.15, 0.2) is 5.69 Å². The van der Waals surface area contributed by atoms with Gasteiger partial charge in [-0.25, -0.2) is 9.97 Å². The van der Waals surface area contributed by atoms with Crippen molar-refractivity contribution in [1.29, 1.82) is 0 Å². The van der Waals surface area contributed by atoms with Gasteiger partial charge >= 0.3 is 6.18 Å². The van der Waals surface area contributed by atoms with Crippen LogP contribution in [0.15, 0.2) is 4.52 Å². The first kappa shape index (κ1) is 18.3. The minimum absolute atomic E-state index is 0.0586. The van der Waals surface area contributed by atoms with Crippen LogP contribution in [0.1, 0.15) is 27.7 Å². The summed E-state index contributed by atoms with van der Waals surface area (Å²) in [7, 11) is 0. The highest BCUT2D eigenvalue weighted by atomic mass is 35.5. The van der Waals surface area contributed by atoms with Crippen molar-refractivity contribution in [2.45, 2.75) is 31.9 Å². The molecule has 2 aromatic rings. The van der Waals surface area contributed by atoms with Crippen molar-refractivity contribution in [1.82, 2.24) is 30.3 Å². The lowest BCUT2D eigenvalue weighted by Crippen LogP contribution is -2.47. The van der Waals surface area contributed by atoms with Gasteiger partial charge in [0.2, 0.25) is 23.6 Å². The van der Waals surface area contributed by atoms with Gasteiger partial charge in [0.1, 0.15) is 17.1 Å². The van der Waals surface area contributed by atoms with Gasteiger partial charge in [-0.3, -0.25) is 4.79 Å². The third kappa shape index (κ3) is 4.06. The third-order valence-corrected chi connectivity index (χ3v) is 5.30. The van der Waals surface area contributed by atoms with Crippen LogP contribution in [0, 0.1) is 0 Å². The fraction of sp³-hybridized carbons (Fsp3) is 0.588. The highest BCUT2D eigenvalue weighted by molar-refractivity contribution is 6.33. The number of piperazine rings is 1. The zero-order chi connectivity index (χ0) is 23.3. The molecule has 0 unspecified atom stereocenters. The van der Waals surface area contributed by atoms with E-state index in [9.17, 15) is 18.0 Å². The Hall–Kier alpha value is -2.47. The summed E-state index contributed by atoms with van der Waals surface area (Å²) in [4.78, 5) is 27.0. The van der Waals surface area contributed by atoms with Crippen molar-refractivity contribution in [3.05, 3.63) is 16.6 Å². The molecule has 2 aromatic heterocycles. The molecule has 0 radical (unpaired) electrons. The first-order valence-corrected chi connectivity index (χ1v) is 9.64. The Balaban J connectivity index is 1.71. The summed E-state index contributed by atoms with van der Waals surface area (Å²) in [5, 5.41) is 5.77. The molecule has 13 heteroatoms. The minimum atomic E-state index is -4.86. The maximum atomic E-state index is 13.5. The number of nitrogens with one attached hydrogen (secondary N) is 1. The second-order valence-corrected chi connectivity index (χ2v) is 7.33. The average Bonchev–Trinajstić information content (AvgIpc) is 3.24. The lowest BCUT2D eigenvalue weighted by molar-refractivity contribution is -0.141. The summed E-state index contributed by atoms with van der Waals surface area (Å²) >= 11 is 5.95. The van der Waals surface area contributed by atoms with Crippen molar-refractivity contribution >= 4 is 23.5 Å². The van der Waals surface area contributed by atoms with E-state index in [4.69, 9.17) is 18.9 Å². The van der Waals surface area contributed by atoms with Crippen LogP contribution in [0.3, 0.4) is 0 Å². The van der Waals surface area contributed by atoms with Crippen molar-refractivity contribution < 1.29 is 25.2 Å². The molecule has 0 spiro atoms.